The van der Waals surface area contributed by atoms with Crippen LogP contribution in [-0.4, -0.2) is 38.3 Å². The molecule has 1 aromatic heterocycles. The number of hydrogen-bond acceptors (Lipinski definition) is 5. The van der Waals surface area contributed by atoms with Crippen molar-refractivity contribution < 1.29 is 14.2 Å². The minimum absolute atomic E-state index is 0. The van der Waals surface area contributed by atoms with Gasteiger partial charge < -0.3 is 24.8 Å². The van der Waals surface area contributed by atoms with Crippen molar-refractivity contribution in [1.82, 2.24) is 10.3 Å². The van der Waals surface area contributed by atoms with Crippen molar-refractivity contribution in [3.63, 3.8) is 0 Å². The molecule has 1 heterocycles. The molecule has 1 saturated carbocycles. The highest BCUT2D eigenvalue weighted by Crippen LogP contribution is 2.29. The van der Waals surface area contributed by atoms with Crippen LogP contribution in [0.4, 0.5) is 5.69 Å². The van der Waals surface area contributed by atoms with Crippen molar-refractivity contribution >= 4 is 35.6 Å². The van der Waals surface area contributed by atoms with Gasteiger partial charge in [0.2, 0.25) is 5.88 Å². The molecule has 0 radical (unpaired) electrons. The Balaban J connectivity index is 0.00000300. The zero-order chi connectivity index (χ0) is 19.8. The predicted octanol–water partition coefficient (Wildman–Crippen LogP) is 4.23. The minimum Gasteiger partial charge on any atom is -0.493 e. The van der Waals surface area contributed by atoms with E-state index in [0.29, 0.717) is 36.0 Å². The maximum absolute atomic E-state index is 5.98. The summed E-state index contributed by atoms with van der Waals surface area (Å²) in [6.07, 6.45) is 6.80. The summed E-state index contributed by atoms with van der Waals surface area (Å²) < 4.78 is 16.6. The van der Waals surface area contributed by atoms with Crippen LogP contribution in [-0.2, 0) is 6.54 Å². The van der Waals surface area contributed by atoms with Gasteiger partial charge in [-0.1, -0.05) is 0 Å². The lowest BCUT2D eigenvalue weighted by Crippen LogP contribution is -2.30. The molecular weight excluding hydrogens is 483 g/mol. The van der Waals surface area contributed by atoms with E-state index in [1.54, 1.807) is 27.5 Å². The number of aliphatic imine (C=N–C) groups is 1. The first kappa shape index (κ1) is 23.1. The highest BCUT2D eigenvalue weighted by molar-refractivity contribution is 14.0. The number of nitrogens with one attached hydrogen (secondary N) is 2. The Hall–Kier alpha value is -2.23. The molecular formula is C21H29IN4O3. The first-order valence-electron chi connectivity index (χ1n) is 9.53. The van der Waals surface area contributed by atoms with Gasteiger partial charge >= 0.3 is 0 Å². The van der Waals surface area contributed by atoms with Gasteiger partial charge in [0.05, 0.1) is 14.2 Å². The Morgan fingerprint density at radius 3 is 2.55 bits per heavy atom. The van der Waals surface area contributed by atoms with Crippen LogP contribution in [0, 0.1) is 0 Å². The number of aromatic nitrogens is 1. The highest BCUT2D eigenvalue weighted by Gasteiger charge is 2.17. The number of methoxy groups -OCH3 is 2. The molecule has 2 N–H and O–H groups in total. The third kappa shape index (κ3) is 6.66. The Morgan fingerprint density at radius 2 is 1.86 bits per heavy atom. The number of nitrogens with zero attached hydrogens (tertiary/aromatic N) is 2. The SMILES string of the molecule is CN=C(NCc1ccnc(OC2CCCC2)c1)Nc1ccc(OC)c(OC)c1.I. The molecule has 1 fully saturated rings. The lowest BCUT2D eigenvalue weighted by molar-refractivity contribution is 0.201. The third-order valence-electron chi connectivity index (χ3n) is 4.72. The monoisotopic (exact) mass is 512 g/mol. The molecule has 29 heavy (non-hydrogen) atoms. The standard InChI is InChI=1S/C21H28N4O3.HI/c1-22-21(25-16-8-9-18(26-2)19(13-16)27-3)24-14-15-10-11-23-20(12-15)28-17-6-4-5-7-17;/h8-13,17H,4-7,14H2,1-3H3,(H2,22,24,25);1H. The molecule has 1 aliphatic carbocycles. The first-order chi connectivity index (χ1) is 13.7. The summed E-state index contributed by atoms with van der Waals surface area (Å²) in [5, 5.41) is 6.56. The second-order valence-electron chi connectivity index (χ2n) is 6.65. The number of halogens is 1. The molecule has 1 aliphatic rings. The van der Waals surface area contributed by atoms with Crippen LogP contribution in [0.3, 0.4) is 0 Å². The number of ether oxygens (including phenoxy) is 3. The van der Waals surface area contributed by atoms with E-state index in [-0.39, 0.29) is 24.0 Å². The number of hydrogen-bond donors (Lipinski definition) is 2. The Labute approximate surface area is 189 Å². The fourth-order valence-corrected chi connectivity index (χ4v) is 3.22. The van der Waals surface area contributed by atoms with E-state index in [2.05, 4.69) is 20.6 Å². The summed E-state index contributed by atoms with van der Waals surface area (Å²) in [6.45, 7) is 0.608. The van der Waals surface area contributed by atoms with Gasteiger partial charge in [-0.25, -0.2) is 4.98 Å². The molecule has 0 amide bonds. The summed E-state index contributed by atoms with van der Waals surface area (Å²) in [7, 11) is 4.96. The number of guanidine groups is 1. The van der Waals surface area contributed by atoms with Crippen molar-refractivity contribution in [2.75, 3.05) is 26.6 Å². The second kappa shape index (κ2) is 11.7. The van der Waals surface area contributed by atoms with Crippen LogP contribution < -0.4 is 24.8 Å². The molecule has 0 aliphatic heterocycles. The maximum atomic E-state index is 5.98. The molecule has 0 bridgehead atoms. The van der Waals surface area contributed by atoms with E-state index in [4.69, 9.17) is 14.2 Å². The number of anilines is 1. The summed E-state index contributed by atoms with van der Waals surface area (Å²) in [5.41, 5.74) is 1.93. The van der Waals surface area contributed by atoms with Gasteiger partial charge in [-0.15, -0.1) is 24.0 Å². The summed E-state index contributed by atoms with van der Waals surface area (Å²) in [4.78, 5) is 8.61. The molecule has 1 aromatic carbocycles. The molecule has 8 heteroatoms. The van der Waals surface area contributed by atoms with Gasteiger partial charge in [-0.2, -0.15) is 0 Å². The first-order valence-corrected chi connectivity index (χ1v) is 9.53. The van der Waals surface area contributed by atoms with Crippen LogP contribution in [0.1, 0.15) is 31.2 Å². The normalized spacial score (nSPS) is 14.1. The molecule has 158 valence electrons. The van der Waals surface area contributed by atoms with Crippen LogP contribution in [0.2, 0.25) is 0 Å². The maximum Gasteiger partial charge on any atom is 0.213 e. The van der Waals surface area contributed by atoms with Gasteiger partial charge in [-0.05, 0) is 49.4 Å². The van der Waals surface area contributed by atoms with Gasteiger partial charge in [-0.3, -0.25) is 4.99 Å². The van der Waals surface area contributed by atoms with Crippen molar-refractivity contribution in [3.05, 3.63) is 42.1 Å². The highest BCUT2D eigenvalue weighted by atomic mass is 127. The zero-order valence-corrected chi connectivity index (χ0v) is 19.4. The van der Waals surface area contributed by atoms with Crippen molar-refractivity contribution in [2.24, 2.45) is 4.99 Å². The van der Waals surface area contributed by atoms with E-state index in [1.165, 1.54) is 12.8 Å². The number of rotatable bonds is 7. The van der Waals surface area contributed by atoms with Crippen molar-refractivity contribution in [3.8, 4) is 17.4 Å². The lowest BCUT2D eigenvalue weighted by Gasteiger charge is -2.15. The summed E-state index contributed by atoms with van der Waals surface area (Å²) >= 11 is 0. The van der Waals surface area contributed by atoms with Crippen molar-refractivity contribution in [2.45, 2.75) is 38.3 Å². The quantitative estimate of drug-likeness (QED) is 0.329. The second-order valence-corrected chi connectivity index (χ2v) is 6.65. The fourth-order valence-electron chi connectivity index (χ4n) is 3.22. The zero-order valence-electron chi connectivity index (χ0n) is 17.1. The van der Waals surface area contributed by atoms with Gasteiger partial charge in [0, 0.05) is 37.6 Å². The molecule has 0 unspecified atom stereocenters. The summed E-state index contributed by atoms with van der Waals surface area (Å²) in [6, 6.07) is 9.58. The van der Waals surface area contributed by atoms with Crippen LogP contribution in [0.15, 0.2) is 41.5 Å². The molecule has 2 aromatic rings. The minimum atomic E-state index is 0. The van der Waals surface area contributed by atoms with E-state index in [1.807, 2.05) is 30.3 Å². The van der Waals surface area contributed by atoms with E-state index in [9.17, 15) is 0 Å². The molecule has 7 nitrogen and oxygen atoms in total. The molecule has 0 spiro atoms. The third-order valence-corrected chi connectivity index (χ3v) is 4.72. The molecule has 0 saturated heterocycles. The number of pyridine rings is 1. The average molecular weight is 512 g/mol. The fraction of sp³-hybridized carbons (Fsp3) is 0.429. The van der Waals surface area contributed by atoms with E-state index in [0.717, 1.165) is 24.1 Å². The van der Waals surface area contributed by atoms with Crippen LogP contribution in [0.25, 0.3) is 0 Å². The van der Waals surface area contributed by atoms with Gasteiger partial charge in [0.25, 0.3) is 0 Å². The van der Waals surface area contributed by atoms with Crippen LogP contribution in [0.5, 0.6) is 17.4 Å². The average Bonchev–Trinajstić information content (AvgIpc) is 3.24. The Kier molecular flexibility index (Phi) is 9.30. The predicted molar refractivity (Wildman–Crippen MR) is 126 cm³/mol. The molecule has 3 rings (SSSR count). The lowest BCUT2D eigenvalue weighted by atomic mass is 10.2. The van der Waals surface area contributed by atoms with E-state index < -0.39 is 0 Å². The largest absolute Gasteiger partial charge is 0.493 e. The van der Waals surface area contributed by atoms with E-state index >= 15 is 0 Å². The van der Waals surface area contributed by atoms with Crippen LogP contribution >= 0.6 is 24.0 Å². The van der Waals surface area contributed by atoms with Gasteiger partial charge in [0.1, 0.15) is 6.10 Å². The topological polar surface area (TPSA) is 77.0 Å². The smallest absolute Gasteiger partial charge is 0.213 e. The van der Waals surface area contributed by atoms with Crippen molar-refractivity contribution in [1.29, 1.82) is 0 Å². The number of benzene rings is 1. The summed E-state index contributed by atoms with van der Waals surface area (Å²) in [5.74, 6) is 2.68. The Bertz CT molecular complexity index is 810. The Morgan fingerprint density at radius 1 is 1.10 bits per heavy atom. The molecule has 0 atom stereocenters. The van der Waals surface area contributed by atoms with Gasteiger partial charge in [0.15, 0.2) is 17.5 Å².